The monoisotopic (exact) mass is 363 g/mol. The minimum Gasteiger partial charge on any atom is -0.339 e. The summed E-state index contributed by atoms with van der Waals surface area (Å²) in [7, 11) is 0. The molecule has 1 aliphatic rings. The normalized spacial score (nSPS) is 16.9. The smallest absolute Gasteiger partial charge is 0.253 e. The van der Waals surface area contributed by atoms with Crippen LogP contribution in [0.1, 0.15) is 40.7 Å². The van der Waals surface area contributed by atoms with Crippen molar-refractivity contribution in [3.63, 3.8) is 0 Å². The third-order valence-electron chi connectivity index (χ3n) is 4.56. The number of carbonyl (C=O) groups excluding carboxylic acids is 1. The summed E-state index contributed by atoms with van der Waals surface area (Å²) in [5, 5.41) is 21.2. The van der Waals surface area contributed by atoms with Crippen molar-refractivity contribution in [3.05, 3.63) is 47.5 Å². The molecule has 1 atom stereocenters. The molecule has 0 saturated carbocycles. The molecule has 136 valence electrons. The maximum absolute atomic E-state index is 12.8. The summed E-state index contributed by atoms with van der Waals surface area (Å²) in [6.45, 7) is 2.92. The van der Waals surface area contributed by atoms with Crippen LogP contribution in [0.3, 0.4) is 0 Å². The quantitative estimate of drug-likeness (QED) is 0.699. The molecule has 9 heteroatoms. The number of rotatable bonds is 3. The summed E-state index contributed by atoms with van der Waals surface area (Å²) >= 11 is 0. The van der Waals surface area contributed by atoms with Crippen LogP contribution in [0, 0.1) is 18.3 Å². The van der Waals surface area contributed by atoms with Crippen LogP contribution in [0.2, 0.25) is 0 Å². The molecule has 3 aromatic rings. The zero-order valence-corrected chi connectivity index (χ0v) is 14.7. The maximum atomic E-state index is 12.8. The van der Waals surface area contributed by atoms with E-state index in [-0.39, 0.29) is 11.9 Å². The van der Waals surface area contributed by atoms with Crippen LogP contribution in [-0.4, -0.2) is 49.0 Å². The maximum Gasteiger partial charge on any atom is 0.253 e. The van der Waals surface area contributed by atoms with Gasteiger partial charge in [0.2, 0.25) is 11.7 Å². The molecule has 1 saturated heterocycles. The minimum atomic E-state index is -0.0778. The van der Waals surface area contributed by atoms with E-state index in [0.717, 1.165) is 12.8 Å². The number of hydrogen-bond acceptors (Lipinski definition) is 7. The molecule has 1 fully saturated rings. The van der Waals surface area contributed by atoms with Gasteiger partial charge in [-0.3, -0.25) is 4.79 Å². The fraction of sp³-hybridized carbons (Fsp3) is 0.333. The number of carbonyl (C=O) groups is 1. The number of likely N-dealkylation sites (tertiary alicyclic amines) is 1. The molecular weight excluding hydrogens is 346 g/mol. The van der Waals surface area contributed by atoms with E-state index in [1.165, 1.54) is 0 Å². The first-order valence-corrected chi connectivity index (χ1v) is 8.66. The average Bonchev–Trinajstić information content (AvgIpc) is 3.36. The molecule has 0 unspecified atom stereocenters. The molecule has 1 amide bonds. The number of aryl methyl sites for hydroxylation is 1. The molecule has 0 radical (unpaired) electrons. The van der Waals surface area contributed by atoms with Crippen LogP contribution in [0.25, 0.3) is 11.5 Å². The Morgan fingerprint density at radius 1 is 1.41 bits per heavy atom. The zero-order valence-electron chi connectivity index (χ0n) is 14.7. The van der Waals surface area contributed by atoms with Crippen LogP contribution in [0.4, 0.5) is 0 Å². The summed E-state index contributed by atoms with van der Waals surface area (Å²) in [6.07, 6.45) is 3.54. The van der Waals surface area contributed by atoms with Gasteiger partial charge >= 0.3 is 0 Å². The molecular formula is C18H17N7O2. The summed E-state index contributed by atoms with van der Waals surface area (Å²) < 4.78 is 6.73. The van der Waals surface area contributed by atoms with E-state index in [0.29, 0.717) is 41.6 Å². The van der Waals surface area contributed by atoms with Crippen LogP contribution < -0.4 is 0 Å². The summed E-state index contributed by atoms with van der Waals surface area (Å²) in [6, 6.07) is 8.86. The van der Waals surface area contributed by atoms with Crippen molar-refractivity contribution >= 4 is 5.91 Å². The average molecular weight is 363 g/mol. The highest BCUT2D eigenvalue weighted by molar-refractivity contribution is 5.94. The van der Waals surface area contributed by atoms with Crippen molar-refractivity contribution < 1.29 is 9.32 Å². The van der Waals surface area contributed by atoms with Crippen molar-refractivity contribution in [2.75, 3.05) is 13.1 Å². The van der Waals surface area contributed by atoms with Crippen LogP contribution in [-0.2, 0) is 0 Å². The lowest BCUT2D eigenvalue weighted by atomic mass is 10.0. The van der Waals surface area contributed by atoms with Gasteiger partial charge in [0.05, 0.1) is 23.9 Å². The number of nitriles is 1. The van der Waals surface area contributed by atoms with Gasteiger partial charge in [-0.25, -0.2) is 4.68 Å². The Kier molecular flexibility index (Phi) is 4.38. The highest BCUT2D eigenvalue weighted by Gasteiger charge is 2.27. The standard InChI is InChI=1S/C18H17N7O2/c1-12-20-17(22-27-12)16-11-25(23-21-16)15-6-3-7-24(10-15)18(26)14-5-2-4-13(8-14)9-19/h2,4-5,8,11,15H,3,6-7,10H2,1H3/t15-/m1/s1. The fourth-order valence-corrected chi connectivity index (χ4v) is 3.22. The number of hydrogen-bond donors (Lipinski definition) is 0. The predicted octanol–water partition coefficient (Wildman–Crippen LogP) is 1.99. The molecule has 0 bridgehead atoms. The lowest BCUT2D eigenvalue weighted by molar-refractivity contribution is 0.0672. The SMILES string of the molecule is Cc1nc(-c2cn([C@@H]3CCCN(C(=O)c4cccc(C#N)c4)C3)nn2)no1. The molecule has 3 heterocycles. The minimum absolute atomic E-state index is 0.0242. The zero-order chi connectivity index (χ0) is 18.8. The molecule has 1 aliphatic heterocycles. The predicted molar refractivity (Wildman–Crippen MR) is 93.4 cm³/mol. The van der Waals surface area contributed by atoms with Crippen molar-refractivity contribution in [3.8, 4) is 17.6 Å². The van der Waals surface area contributed by atoms with E-state index >= 15 is 0 Å². The molecule has 0 N–H and O–H groups in total. The van der Waals surface area contributed by atoms with E-state index in [2.05, 4.69) is 26.5 Å². The van der Waals surface area contributed by atoms with Crippen LogP contribution in [0.5, 0.6) is 0 Å². The van der Waals surface area contributed by atoms with Gasteiger partial charge in [0, 0.05) is 25.6 Å². The van der Waals surface area contributed by atoms with Gasteiger partial charge in [0.1, 0.15) is 0 Å². The second-order valence-corrected chi connectivity index (χ2v) is 6.46. The van der Waals surface area contributed by atoms with E-state index in [9.17, 15) is 4.79 Å². The summed E-state index contributed by atoms with van der Waals surface area (Å²) in [5.74, 6) is 0.787. The van der Waals surface area contributed by atoms with Crippen molar-refractivity contribution in [2.24, 2.45) is 0 Å². The van der Waals surface area contributed by atoms with Crippen molar-refractivity contribution in [2.45, 2.75) is 25.8 Å². The Balaban J connectivity index is 1.50. The lowest BCUT2D eigenvalue weighted by Gasteiger charge is -2.32. The number of aromatic nitrogens is 5. The Morgan fingerprint density at radius 3 is 3.07 bits per heavy atom. The van der Waals surface area contributed by atoms with E-state index in [4.69, 9.17) is 9.78 Å². The van der Waals surface area contributed by atoms with Crippen molar-refractivity contribution in [1.82, 2.24) is 30.0 Å². The van der Waals surface area contributed by atoms with Gasteiger partial charge in [-0.1, -0.05) is 16.4 Å². The lowest BCUT2D eigenvalue weighted by Crippen LogP contribution is -2.40. The molecule has 4 rings (SSSR count). The van der Waals surface area contributed by atoms with Crippen LogP contribution >= 0.6 is 0 Å². The molecule has 0 aliphatic carbocycles. The van der Waals surface area contributed by atoms with Gasteiger partial charge in [0.15, 0.2) is 5.69 Å². The summed E-state index contributed by atoms with van der Waals surface area (Å²) in [4.78, 5) is 18.8. The Bertz CT molecular complexity index is 1020. The highest BCUT2D eigenvalue weighted by Crippen LogP contribution is 2.24. The first kappa shape index (κ1) is 16.9. The van der Waals surface area contributed by atoms with E-state index < -0.39 is 0 Å². The molecule has 27 heavy (non-hydrogen) atoms. The second-order valence-electron chi connectivity index (χ2n) is 6.46. The number of nitrogens with zero attached hydrogens (tertiary/aromatic N) is 7. The first-order valence-electron chi connectivity index (χ1n) is 8.66. The van der Waals surface area contributed by atoms with E-state index in [1.54, 1.807) is 47.0 Å². The van der Waals surface area contributed by atoms with E-state index in [1.807, 2.05) is 0 Å². The molecule has 1 aromatic carbocycles. The van der Waals surface area contributed by atoms with Gasteiger partial charge in [0.25, 0.3) is 5.91 Å². The third kappa shape index (κ3) is 3.42. The molecule has 0 spiro atoms. The van der Waals surface area contributed by atoms with Gasteiger partial charge in [-0.2, -0.15) is 10.2 Å². The van der Waals surface area contributed by atoms with Crippen LogP contribution in [0.15, 0.2) is 35.0 Å². The molecule has 9 nitrogen and oxygen atoms in total. The van der Waals surface area contributed by atoms with Gasteiger partial charge in [-0.05, 0) is 31.0 Å². The van der Waals surface area contributed by atoms with Gasteiger partial charge in [-0.15, -0.1) is 5.10 Å². The number of benzene rings is 1. The topological polar surface area (TPSA) is 114 Å². The fourth-order valence-electron chi connectivity index (χ4n) is 3.22. The Hall–Kier alpha value is -3.54. The number of piperidine rings is 1. The Morgan fingerprint density at radius 2 is 2.30 bits per heavy atom. The summed E-state index contributed by atoms with van der Waals surface area (Å²) in [5.41, 5.74) is 1.54. The molecule has 2 aromatic heterocycles. The second kappa shape index (κ2) is 6.99. The highest BCUT2D eigenvalue weighted by atomic mass is 16.5. The first-order chi connectivity index (χ1) is 13.1. The largest absolute Gasteiger partial charge is 0.339 e. The number of amides is 1. The Labute approximate surface area is 155 Å². The van der Waals surface area contributed by atoms with Gasteiger partial charge < -0.3 is 9.42 Å². The van der Waals surface area contributed by atoms with Crippen molar-refractivity contribution in [1.29, 1.82) is 5.26 Å². The third-order valence-corrected chi connectivity index (χ3v) is 4.56.